The van der Waals surface area contributed by atoms with Crippen LogP contribution in [0.3, 0.4) is 0 Å². The van der Waals surface area contributed by atoms with E-state index in [9.17, 15) is 14.7 Å². The first-order valence-electron chi connectivity index (χ1n) is 16.6. The number of benzene rings is 1. The number of piperidine rings is 1. The summed E-state index contributed by atoms with van der Waals surface area (Å²) in [6.45, 7) is 4.51. The van der Waals surface area contributed by atoms with Crippen LogP contribution in [-0.2, 0) is 9.53 Å². The fraction of sp³-hybridized carbons (Fsp3) is 0.727. The van der Waals surface area contributed by atoms with E-state index in [1.165, 1.54) is 57.8 Å². The standard InChI is InChI=1S/C33H49N5O4/c1-2-42-33(41)28-21-36(20-23(28)22-39)17-16-34-31-32(40)38(30-13-9-8-12-29(30)35-31)27-18-25-14-15-26(19-27)37(25)24-10-6-4-3-5-7-11-24/h8-9,12-13,23-28,39H,2-7,10-11,14-22H2,1H3,(H,34,35)/t23-,25-,26+,27+,28+/m0/s1. The van der Waals surface area contributed by atoms with Crippen LogP contribution >= 0.6 is 0 Å². The van der Waals surface area contributed by atoms with Crippen molar-refractivity contribution in [1.29, 1.82) is 0 Å². The molecule has 6 rings (SSSR count). The highest BCUT2D eigenvalue weighted by Gasteiger charge is 2.44. The minimum atomic E-state index is -0.311. The van der Waals surface area contributed by atoms with Gasteiger partial charge in [-0.25, -0.2) is 4.98 Å². The highest BCUT2D eigenvalue weighted by Crippen LogP contribution is 2.44. The van der Waals surface area contributed by atoms with Crippen molar-refractivity contribution in [2.24, 2.45) is 11.8 Å². The van der Waals surface area contributed by atoms with Crippen molar-refractivity contribution in [1.82, 2.24) is 19.4 Å². The number of nitrogens with one attached hydrogen (secondary N) is 1. The third-order valence-electron chi connectivity index (χ3n) is 10.5. The molecule has 230 valence electrons. The molecule has 1 saturated carbocycles. The number of carbonyl (C=O) groups is 1. The Morgan fingerprint density at radius 2 is 1.69 bits per heavy atom. The summed E-state index contributed by atoms with van der Waals surface area (Å²) in [5.41, 5.74) is 1.74. The van der Waals surface area contributed by atoms with Gasteiger partial charge in [-0.1, -0.05) is 44.2 Å². The van der Waals surface area contributed by atoms with Gasteiger partial charge in [0.05, 0.1) is 23.6 Å². The maximum absolute atomic E-state index is 14.0. The minimum absolute atomic E-state index is 0.0310. The Bertz CT molecular complexity index is 1260. The zero-order chi connectivity index (χ0) is 29.1. The molecule has 0 amide bonds. The van der Waals surface area contributed by atoms with Crippen molar-refractivity contribution >= 4 is 22.8 Å². The zero-order valence-electron chi connectivity index (χ0n) is 25.3. The molecule has 0 spiro atoms. The summed E-state index contributed by atoms with van der Waals surface area (Å²) in [6, 6.07) is 10.1. The largest absolute Gasteiger partial charge is 0.466 e. The number of aliphatic hydroxyl groups is 1. The van der Waals surface area contributed by atoms with Crippen molar-refractivity contribution in [3.63, 3.8) is 0 Å². The van der Waals surface area contributed by atoms with E-state index >= 15 is 0 Å². The number of ether oxygens (including phenoxy) is 1. The summed E-state index contributed by atoms with van der Waals surface area (Å²) in [6.07, 6.45) is 14.1. The van der Waals surface area contributed by atoms with Gasteiger partial charge in [0.1, 0.15) is 0 Å². The van der Waals surface area contributed by atoms with Gasteiger partial charge < -0.3 is 24.6 Å². The van der Waals surface area contributed by atoms with Gasteiger partial charge >= 0.3 is 5.97 Å². The average Bonchev–Trinajstić information content (AvgIpc) is 3.50. The Hall–Kier alpha value is -2.49. The molecule has 42 heavy (non-hydrogen) atoms. The number of carbonyl (C=O) groups excluding carboxylic acids is 1. The van der Waals surface area contributed by atoms with E-state index in [4.69, 9.17) is 9.72 Å². The van der Waals surface area contributed by atoms with E-state index in [1.807, 2.05) is 24.3 Å². The van der Waals surface area contributed by atoms with E-state index in [-0.39, 0.29) is 36.0 Å². The molecule has 3 aliphatic heterocycles. The zero-order valence-corrected chi connectivity index (χ0v) is 25.3. The third kappa shape index (κ3) is 6.10. The van der Waals surface area contributed by atoms with Crippen LogP contribution < -0.4 is 10.9 Å². The van der Waals surface area contributed by atoms with Gasteiger partial charge in [-0.05, 0) is 57.6 Å². The molecule has 2 aromatic rings. The molecule has 4 heterocycles. The van der Waals surface area contributed by atoms with Gasteiger partial charge in [-0.2, -0.15) is 0 Å². The summed E-state index contributed by atoms with van der Waals surface area (Å²) in [4.78, 5) is 36.2. The van der Waals surface area contributed by atoms with E-state index in [2.05, 4.69) is 19.7 Å². The van der Waals surface area contributed by atoms with Crippen LogP contribution in [0.4, 0.5) is 5.82 Å². The molecular weight excluding hydrogens is 530 g/mol. The molecule has 5 atom stereocenters. The number of hydrogen-bond acceptors (Lipinski definition) is 8. The van der Waals surface area contributed by atoms with Crippen LogP contribution in [0.25, 0.3) is 11.0 Å². The maximum atomic E-state index is 14.0. The highest BCUT2D eigenvalue weighted by atomic mass is 16.5. The SMILES string of the molecule is CCOC(=O)[C@@H]1CN(CCNc2nc3ccccc3n([C@H]3C[C@H]4CC[C@@H](C3)N4C3CCCCCCC3)c2=O)C[C@H]1CO. The van der Waals surface area contributed by atoms with Gasteiger partial charge in [-0.3, -0.25) is 14.5 Å². The monoisotopic (exact) mass is 579 g/mol. The van der Waals surface area contributed by atoms with Crippen LogP contribution in [0, 0.1) is 11.8 Å². The predicted molar refractivity (Wildman–Crippen MR) is 165 cm³/mol. The highest BCUT2D eigenvalue weighted by molar-refractivity contribution is 5.76. The lowest BCUT2D eigenvalue weighted by Crippen LogP contribution is -2.50. The van der Waals surface area contributed by atoms with E-state index < -0.39 is 0 Å². The third-order valence-corrected chi connectivity index (χ3v) is 10.5. The number of anilines is 1. The number of aliphatic hydroxyl groups excluding tert-OH is 1. The first-order valence-corrected chi connectivity index (χ1v) is 16.6. The summed E-state index contributed by atoms with van der Waals surface area (Å²) in [5.74, 6) is -0.262. The minimum Gasteiger partial charge on any atom is -0.466 e. The molecule has 1 aromatic heterocycles. The van der Waals surface area contributed by atoms with Crippen LogP contribution in [0.1, 0.15) is 83.6 Å². The van der Waals surface area contributed by atoms with Gasteiger partial charge in [0.2, 0.25) is 0 Å². The number of rotatable bonds is 9. The summed E-state index contributed by atoms with van der Waals surface area (Å²) in [5, 5.41) is 13.2. The Morgan fingerprint density at radius 3 is 2.40 bits per heavy atom. The maximum Gasteiger partial charge on any atom is 0.310 e. The lowest BCUT2D eigenvalue weighted by atomic mass is 9.89. The topological polar surface area (TPSA) is 99.9 Å². The first-order chi connectivity index (χ1) is 20.6. The number of esters is 1. The summed E-state index contributed by atoms with van der Waals surface area (Å²) < 4.78 is 7.28. The number of hydrogen-bond donors (Lipinski definition) is 2. The average molecular weight is 580 g/mol. The molecule has 4 aliphatic rings. The number of aromatic nitrogens is 2. The second-order valence-corrected chi connectivity index (χ2v) is 13.1. The van der Waals surface area contributed by atoms with Crippen LogP contribution in [0.15, 0.2) is 29.1 Å². The predicted octanol–water partition coefficient (Wildman–Crippen LogP) is 4.19. The molecule has 0 radical (unpaired) electrons. The second kappa shape index (κ2) is 13.4. The van der Waals surface area contributed by atoms with E-state index in [0.29, 0.717) is 56.7 Å². The Labute approximate surface area is 249 Å². The Balaban J connectivity index is 1.16. The first kappa shape index (κ1) is 29.6. The van der Waals surface area contributed by atoms with Gasteiger partial charge in [-0.15, -0.1) is 0 Å². The summed E-state index contributed by atoms with van der Waals surface area (Å²) in [7, 11) is 0. The smallest absolute Gasteiger partial charge is 0.310 e. The fourth-order valence-electron chi connectivity index (χ4n) is 8.53. The molecular formula is C33H49N5O4. The van der Waals surface area contributed by atoms with Gasteiger partial charge in [0.15, 0.2) is 5.82 Å². The van der Waals surface area contributed by atoms with Crippen molar-refractivity contribution in [2.75, 3.05) is 44.7 Å². The molecule has 4 fully saturated rings. The molecule has 1 aliphatic carbocycles. The molecule has 1 aromatic carbocycles. The van der Waals surface area contributed by atoms with Crippen molar-refractivity contribution < 1.29 is 14.6 Å². The lowest BCUT2D eigenvalue weighted by molar-refractivity contribution is -0.149. The molecule has 9 heteroatoms. The van der Waals surface area contributed by atoms with Crippen LogP contribution in [0.5, 0.6) is 0 Å². The van der Waals surface area contributed by atoms with Gasteiger partial charge in [0.25, 0.3) is 5.56 Å². The fourth-order valence-corrected chi connectivity index (χ4v) is 8.53. The van der Waals surface area contributed by atoms with Crippen molar-refractivity contribution in [2.45, 2.75) is 102 Å². The summed E-state index contributed by atoms with van der Waals surface area (Å²) >= 11 is 0. The van der Waals surface area contributed by atoms with E-state index in [1.54, 1.807) is 6.92 Å². The Kier molecular flexibility index (Phi) is 9.46. The lowest BCUT2D eigenvalue weighted by Gasteiger charge is -2.45. The number of likely N-dealkylation sites (tertiary alicyclic amines) is 1. The van der Waals surface area contributed by atoms with Crippen molar-refractivity contribution in [3.8, 4) is 0 Å². The molecule has 0 unspecified atom stereocenters. The van der Waals surface area contributed by atoms with Gasteiger partial charge in [0, 0.05) is 62.9 Å². The number of fused-ring (bicyclic) bond motifs is 3. The van der Waals surface area contributed by atoms with E-state index in [0.717, 1.165) is 23.9 Å². The molecule has 2 N–H and O–H groups in total. The quantitative estimate of drug-likeness (QED) is 0.427. The van der Waals surface area contributed by atoms with Crippen LogP contribution in [-0.4, -0.2) is 87.9 Å². The number of nitrogens with zero attached hydrogens (tertiary/aromatic N) is 4. The van der Waals surface area contributed by atoms with Crippen LogP contribution in [0.2, 0.25) is 0 Å². The molecule has 9 nitrogen and oxygen atoms in total. The Morgan fingerprint density at radius 1 is 0.976 bits per heavy atom. The second-order valence-electron chi connectivity index (χ2n) is 13.1. The number of para-hydroxylation sites is 2. The molecule has 2 bridgehead atoms. The van der Waals surface area contributed by atoms with Crippen molar-refractivity contribution in [3.05, 3.63) is 34.6 Å². The normalized spacial score (nSPS) is 29.4. The molecule has 3 saturated heterocycles.